The molecule has 0 saturated heterocycles. The highest BCUT2D eigenvalue weighted by atomic mass is 79.9. The lowest BCUT2D eigenvalue weighted by atomic mass is 10.2. The Morgan fingerprint density at radius 3 is 2.93 bits per heavy atom. The molecule has 0 aliphatic carbocycles. The van der Waals surface area contributed by atoms with E-state index in [0.29, 0.717) is 11.3 Å². The van der Waals surface area contributed by atoms with Crippen molar-refractivity contribution in [2.24, 2.45) is 0 Å². The van der Waals surface area contributed by atoms with Crippen LogP contribution >= 0.6 is 15.9 Å². The minimum Gasteiger partial charge on any atom is -0.481 e. The average molecular weight is 255 g/mol. The summed E-state index contributed by atoms with van der Waals surface area (Å²) in [6, 6.07) is 7.31. The first-order chi connectivity index (χ1) is 6.65. The Hall–Kier alpha value is -1.29. The number of hydrogen-bond acceptors (Lipinski definition) is 2. The largest absolute Gasteiger partial charge is 0.481 e. The van der Waals surface area contributed by atoms with Crippen molar-refractivity contribution in [3.05, 3.63) is 34.5 Å². The van der Waals surface area contributed by atoms with Crippen LogP contribution in [0.3, 0.4) is 0 Å². The second-order valence-electron chi connectivity index (χ2n) is 2.97. The molecule has 0 fully saturated rings. The van der Waals surface area contributed by atoms with E-state index >= 15 is 0 Å². The van der Waals surface area contributed by atoms with Crippen molar-refractivity contribution in [1.29, 1.82) is 0 Å². The Balaban J connectivity index is 2.46. The predicted molar refractivity (Wildman–Crippen MR) is 55.3 cm³/mol. The minimum atomic E-state index is -0.886. The molecule has 0 bridgehead atoms. The third kappa shape index (κ3) is 1.80. The third-order valence-corrected chi connectivity index (χ3v) is 2.35. The van der Waals surface area contributed by atoms with Gasteiger partial charge in [-0.3, -0.25) is 4.79 Å². The van der Waals surface area contributed by atoms with E-state index < -0.39 is 5.97 Å². The third-order valence-electron chi connectivity index (χ3n) is 1.85. The van der Waals surface area contributed by atoms with Crippen molar-refractivity contribution in [3.63, 3.8) is 0 Å². The van der Waals surface area contributed by atoms with Crippen LogP contribution in [0.25, 0.3) is 11.0 Å². The second kappa shape index (κ2) is 3.46. The van der Waals surface area contributed by atoms with E-state index in [1.165, 1.54) is 0 Å². The number of fused-ring (bicyclic) bond motifs is 1. The maximum Gasteiger partial charge on any atom is 0.311 e. The number of carboxylic acids is 1. The quantitative estimate of drug-likeness (QED) is 0.897. The predicted octanol–water partition coefficient (Wildman–Crippen LogP) is 2.82. The summed E-state index contributed by atoms with van der Waals surface area (Å²) in [5, 5.41) is 9.49. The molecule has 1 heterocycles. The van der Waals surface area contributed by atoms with Gasteiger partial charge in [-0.25, -0.2) is 0 Å². The van der Waals surface area contributed by atoms with Crippen molar-refractivity contribution in [2.45, 2.75) is 6.42 Å². The van der Waals surface area contributed by atoms with Gasteiger partial charge >= 0.3 is 5.97 Å². The van der Waals surface area contributed by atoms with Crippen LogP contribution in [-0.2, 0) is 11.2 Å². The molecule has 0 radical (unpaired) electrons. The van der Waals surface area contributed by atoms with Crippen LogP contribution in [0, 0.1) is 0 Å². The first-order valence-corrected chi connectivity index (χ1v) is 4.84. The molecule has 4 heteroatoms. The molecule has 2 aromatic rings. The van der Waals surface area contributed by atoms with Crippen molar-refractivity contribution in [3.8, 4) is 0 Å². The fourth-order valence-corrected chi connectivity index (χ4v) is 1.68. The smallest absolute Gasteiger partial charge is 0.311 e. The molecule has 2 rings (SSSR count). The summed E-state index contributed by atoms with van der Waals surface area (Å²) in [6.07, 6.45) is -0.0771. The van der Waals surface area contributed by atoms with E-state index in [2.05, 4.69) is 15.9 Å². The lowest BCUT2D eigenvalue weighted by Crippen LogP contribution is -1.97. The van der Waals surface area contributed by atoms with E-state index in [4.69, 9.17) is 9.52 Å². The SMILES string of the molecule is O=C(O)Cc1cc2cc(Br)ccc2o1. The molecule has 0 amide bonds. The number of carbonyl (C=O) groups is 1. The molecule has 0 atom stereocenters. The molecule has 1 aromatic carbocycles. The Kier molecular flexibility index (Phi) is 2.29. The van der Waals surface area contributed by atoms with Crippen molar-refractivity contribution in [2.75, 3.05) is 0 Å². The number of rotatable bonds is 2. The van der Waals surface area contributed by atoms with Gasteiger partial charge in [-0.1, -0.05) is 15.9 Å². The molecule has 0 unspecified atom stereocenters. The van der Waals surface area contributed by atoms with Gasteiger partial charge in [0.25, 0.3) is 0 Å². The van der Waals surface area contributed by atoms with Gasteiger partial charge in [0.2, 0.25) is 0 Å². The zero-order valence-corrected chi connectivity index (χ0v) is 8.74. The summed E-state index contributed by atoms with van der Waals surface area (Å²) in [5.41, 5.74) is 0.712. The average Bonchev–Trinajstić information content (AvgIpc) is 2.44. The molecule has 1 N–H and O–H groups in total. The van der Waals surface area contributed by atoms with Crippen molar-refractivity contribution in [1.82, 2.24) is 0 Å². The van der Waals surface area contributed by atoms with Gasteiger partial charge in [0.05, 0.1) is 0 Å². The standard InChI is InChI=1S/C10H7BrO3/c11-7-1-2-9-6(3-7)4-8(14-9)5-10(12)13/h1-4H,5H2,(H,12,13). The number of carboxylic acid groups (broad SMARTS) is 1. The van der Waals surface area contributed by atoms with Gasteiger partial charge in [0.15, 0.2) is 0 Å². The Morgan fingerprint density at radius 2 is 2.21 bits per heavy atom. The molecule has 1 aromatic heterocycles. The highest BCUT2D eigenvalue weighted by Gasteiger charge is 2.07. The van der Waals surface area contributed by atoms with Gasteiger partial charge in [-0.05, 0) is 24.3 Å². The number of aliphatic carboxylic acids is 1. The molecular weight excluding hydrogens is 248 g/mol. The van der Waals surface area contributed by atoms with Crippen LogP contribution in [0.1, 0.15) is 5.76 Å². The van der Waals surface area contributed by atoms with E-state index in [1.807, 2.05) is 18.2 Å². The molecule has 3 nitrogen and oxygen atoms in total. The molecule has 0 aliphatic rings. The molecule has 72 valence electrons. The monoisotopic (exact) mass is 254 g/mol. The highest BCUT2D eigenvalue weighted by molar-refractivity contribution is 9.10. The maximum atomic E-state index is 10.4. The van der Waals surface area contributed by atoms with Crippen LogP contribution in [-0.4, -0.2) is 11.1 Å². The van der Waals surface area contributed by atoms with E-state index in [9.17, 15) is 4.79 Å². The maximum absolute atomic E-state index is 10.4. The highest BCUT2D eigenvalue weighted by Crippen LogP contribution is 2.23. The Bertz CT molecular complexity index is 487. The molecule has 0 saturated carbocycles. The van der Waals surface area contributed by atoms with E-state index in [1.54, 1.807) is 6.07 Å². The Morgan fingerprint density at radius 1 is 1.43 bits per heavy atom. The topological polar surface area (TPSA) is 50.4 Å². The second-order valence-corrected chi connectivity index (χ2v) is 3.88. The fraction of sp³-hybridized carbons (Fsp3) is 0.100. The zero-order chi connectivity index (χ0) is 10.1. The minimum absolute atomic E-state index is 0.0771. The van der Waals surface area contributed by atoms with Gasteiger partial charge in [-0.2, -0.15) is 0 Å². The molecule has 0 spiro atoms. The van der Waals surface area contributed by atoms with Crippen LogP contribution in [0.4, 0.5) is 0 Å². The fourth-order valence-electron chi connectivity index (χ4n) is 1.31. The lowest BCUT2D eigenvalue weighted by molar-refractivity contribution is -0.136. The summed E-state index contributed by atoms with van der Waals surface area (Å²) in [5.74, 6) is -0.409. The summed E-state index contributed by atoms with van der Waals surface area (Å²) in [4.78, 5) is 10.4. The zero-order valence-electron chi connectivity index (χ0n) is 7.16. The Labute approximate surface area is 88.5 Å². The van der Waals surface area contributed by atoms with Gasteiger partial charge in [-0.15, -0.1) is 0 Å². The number of halogens is 1. The number of hydrogen-bond donors (Lipinski definition) is 1. The normalized spacial score (nSPS) is 10.6. The van der Waals surface area contributed by atoms with Gasteiger partial charge in [0, 0.05) is 9.86 Å². The van der Waals surface area contributed by atoms with Crippen molar-refractivity contribution < 1.29 is 14.3 Å². The molecule has 14 heavy (non-hydrogen) atoms. The number of furan rings is 1. The summed E-state index contributed by atoms with van der Waals surface area (Å²) in [6.45, 7) is 0. The van der Waals surface area contributed by atoms with Crippen LogP contribution in [0.2, 0.25) is 0 Å². The van der Waals surface area contributed by atoms with Crippen molar-refractivity contribution >= 4 is 32.9 Å². The number of benzene rings is 1. The molecular formula is C10H7BrO3. The molecule has 0 aliphatic heterocycles. The van der Waals surface area contributed by atoms with Gasteiger partial charge < -0.3 is 9.52 Å². The van der Waals surface area contributed by atoms with Crippen LogP contribution in [0.15, 0.2) is 33.2 Å². The van der Waals surface area contributed by atoms with Crippen LogP contribution in [0.5, 0.6) is 0 Å². The summed E-state index contributed by atoms with van der Waals surface area (Å²) in [7, 11) is 0. The first-order valence-electron chi connectivity index (χ1n) is 4.05. The lowest BCUT2D eigenvalue weighted by Gasteiger charge is -1.88. The van der Waals surface area contributed by atoms with Gasteiger partial charge in [0.1, 0.15) is 17.8 Å². The summed E-state index contributed by atoms with van der Waals surface area (Å²) < 4.78 is 6.28. The van der Waals surface area contributed by atoms with E-state index in [0.717, 1.165) is 9.86 Å². The first kappa shape index (κ1) is 9.27. The van der Waals surface area contributed by atoms with E-state index in [-0.39, 0.29) is 6.42 Å². The summed E-state index contributed by atoms with van der Waals surface area (Å²) >= 11 is 3.33. The van der Waals surface area contributed by atoms with Crippen LogP contribution < -0.4 is 0 Å².